The fourth-order valence-electron chi connectivity index (χ4n) is 0. The molecular weight excluding hydrogens is 231 g/mol. The van der Waals surface area contributed by atoms with E-state index in [9.17, 15) is 0 Å². The maximum atomic E-state index is 0. The van der Waals surface area contributed by atoms with Gasteiger partial charge in [-0.2, -0.15) is 0 Å². The second kappa shape index (κ2) is 31.1. The standard InChI is InChI=1S/4Ca.2ClH/h;;;;2*1H/q4*+2;;/p-2. The number of halogens is 2. The molecule has 0 heterocycles. The van der Waals surface area contributed by atoms with Crippen LogP contribution in [-0.2, 0) is 0 Å². The molecule has 0 aliphatic carbocycles. The molecule has 0 aliphatic heterocycles. The molecule has 0 fully saturated rings. The van der Waals surface area contributed by atoms with Gasteiger partial charge in [0.15, 0.2) is 0 Å². The summed E-state index contributed by atoms with van der Waals surface area (Å²) in [6.07, 6.45) is 0. The van der Waals surface area contributed by atoms with E-state index in [1.54, 1.807) is 0 Å². The van der Waals surface area contributed by atoms with Gasteiger partial charge in [0.2, 0.25) is 0 Å². The monoisotopic (exact) mass is 230 g/mol. The Kier molecular flexibility index (Phi) is 215. The maximum Gasteiger partial charge on any atom is 2.00 e. The van der Waals surface area contributed by atoms with E-state index in [-0.39, 0.29) is 176 Å². The first-order valence-electron chi connectivity index (χ1n) is 0. The third-order valence-corrected chi connectivity index (χ3v) is 0. The quantitative estimate of drug-likeness (QED) is 0.363. The van der Waals surface area contributed by atoms with Crippen LogP contribution in [0.4, 0.5) is 0 Å². The Morgan fingerprint density at radius 3 is 0.333 bits per heavy atom. The summed E-state index contributed by atoms with van der Waals surface area (Å²) < 4.78 is 0. The van der Waals surface area contributed by atoms with Crippen LogP contribution in [0, 0.1) is 0 Å². The maximum absolute atomic E-state index is 0. The summed E-state index contributed by atoms with van der Waals surface area (Å²) in [5.74, 6) is 0. The summed E-state index contributed by atoms with van der Waals surface area (Å²) >= 11 is 0. The molecule has 0 amide bonds. The molecule has 0 unspecified atom stereocenters. The van der Waals surface area contributed by atoms with Crippen molar-refractivity contribution < 1.29 is 24.8 Å². The van der Waals surface area contributed by atoms with Crippen molar-refractivity contribution in [1.82, 2.24) is 0 Å². The molecule has 0 saturated carbocycles. The van der Waals surface area contributed by atoms with Crippen LogP contribution in [0.1, 0.15) is 0 Å². The second-order valence-corrected chi connectivity index (χ2v) is 0. The predicted octanol–water partition coefficient (Wildman–Crippen LogP) is -7.52. The molecule has 0 radical (unpaired) electrons. The van der Waals surface area contributed by atoms with Gasteiger partial charge in [0, 0.05) is 0 Å². The molecule has 6 heavy (non-hydrogen) atoms. The van der Waals surface area contributed by atoms with Crippen molar-refractivity contribution in [2.45, 2.75) is 0 Å². The molecule has 0 aromatic carbocycles. The molecule has 0 aromatic heterocycles. The zero-order valence-electron chi connectivity index (χ0n) is 3.58. The van der Waals surface area contributed by atoms with Gasteiger partial charge < -0.3 is 24.8 Å². The summed E-state index contributed by atoms with van der Waals surface area (Å²) in [6, 6.07) is 0. The van der Waals surface area contributed by atoms with Gasteiger partial charge in [-0.25, -0.2) is 0 Å². The third kappa shape index (κ3) is 22.6. The van der Waals surface area contributed by atoms with E-state index in [4.69, 9.17) is 0 Å². The van der Waals surface area contributed by atoms with Crippen molar-refractivity contribution in [3.63, 3.8) is 0 Å². The molecule has 0 atom stereocenters. The van der Waals surface area contributed by atoms with E-state index in [1.807, 2.05) is 0 Å². The summed E-state index contributed by atoms with van der Waals surface area (Å²) in [7, 11) is 0. The normalized spacial score (nSPS) is 0. The van der Waals surface area contributed by atoms with Crippen molar-refractivity contribution in [2.75, 3.05) is 0 Å². The Balaban J connectivity index is 0. The molecule has 0 N–H and O–H groups in total. The first-order valence-corrected chi connectivity index (χ1v) is 0. The van der Waals surface area contributed by atoms with Crippen LogP contribution < -0.4 is 24.8 Å². The first-order chi connectivity index (χ1) is 0. The van der Waals surface area contributed by atoms with Crippen LogP contribution >= 0.6 is 0 Å². The molecular formula is Ca4Cl2+6. The Morgan fingerprint density at radius 2 is 0.333 bits per heavy atom. The van der Waals surface area contributed by atoms with Crippen molar-refractivity contribution in [2.24, 2.45) is 0 Å². The molecule has 0 bridgehead atoms. The summed E-state index contributed by atoms with van der Waals surface area (Å²) in [6.45, 7) is 0. The molecule has 0 nitrogen and oxygen atoms in total. The van der Waals surface area contributed by atoms with Gasteiger partial charge in [-0.3, -0.25) is 0 Å². The zero-order valence-corrected chi connectivity index (χ0v) is 13.9. The van der Waals surface area contributed by atoms with E-state index in [0.29, 0.717) is 0 Å². The van der Waals surface area contributed by atoms with Crippen LogP contribution in [0.15, 0.2) is 0 Å². The molecule has 6 heteroatoms. The zero-order chi connectivity index (χ0) is 0. The van der Waals surface area contributed by atoms with Gasteiger partial charge >= 0.3 is 151 Å². The van der Waals surface area contributed by atoms with Crippen molar-refractivity contribution in [3.05, 3.63) is 0 Å². The average molecular weight is 231 g/mol. The number of hydrogen-bond acceptors (Lipinski definition) is 0. The Hall–Kier alpha value is 5.62. The van der Waals surface area contributed by atoms with E-state index in [0.717, 1.165) is 0 Å². The van der Waals surface area contributed by atoms with Crippen LogP contribution in [0.3, 0.4) is 0 Å². The van der Waals surface area contributed by atoms with Gasteiger partial charge in [0.25, 0.3) is 0 Å². The number of hydrogen-bond donors (Lipinski definition) is 0. The molecule has 0 aliphatic rings. The third-order valence-electron chi connectivity index (χ3n) is 0. The minimum atomic E-state index is 0. The summed E-state index contributed by atoms with van der Waals surface area (Å²) in [4.78, 5) is 0. The van der Waals surface area contributed by atoms with E-state index in [1.165, 1.54) is 0 Å². The van der Waals surface area contributed by atoms with Crippen molar-refractivity contribution in [1.29, 1.82) is 0 Å². The second-order valence-electron chi connectivity index (χ2n) is 0. The predicted molar refractivity (Wildman–Crippen MR) is 23.0 cm³/mol. The Morgan fingerprint density at radius 1 is 0.333 bits per heavy atom. The van der Waals surface area contributed by atoms with Crippen LogP contribution in [0.25, 0.3) is 0 Å². The molecule has 0 rings (SSSR count). The van der Waals surface area contributed by atoms with Gasteiger partial charge in [-0.05, 0) is 0 Å². The van der Waals surface area contributed by atoms with Crippen molar-refractivity contribution >= 4 is 151 Å². The Labute approximate surface area is 170 Å². The van der Waals surface area contributed by atoms with Crippen LogP contribution in [-0.4, -0.2) is 151 Å². The average Bonchev–Trinajstić information content (AvgIpc) is 0. The molecule has 0 saturated heterocycles. The largest absolute Gasteiger partial charge is 2.00 e. The first kappa shape index (κ1) is 41.5. The van der Waals surface area contributed by atoms with E-state index in [2.05, 4.69) is 0 Å². The molecule has 16 valence electrons. The van der Waals surface area contributed by atoms with Crippen molar-refractivity contribution in [3.8, 4) is 0 Å². The van der Waals surface area contributed by atoms with Gasteiger partial charge in [-0.15, -0.1) is 0 Å². The SMILES string of the molecule is [Ca+2].[Ca+2].[Ca+2].[Ca+2].[Cl-].[Cl-]. The number of rotatable bonds is 0. The van der Waals surface area contributed by atoms with Crippen LogP contribution in [0.2, 0.25) is 0 Å². The minimum absolute atomic E-state index is 0. The Bertz CT molecular complexity index is 5.51. The van der Waals surface area contributed by atoms with E-state index >= 15 is 0 Å². The summed E-state index contributed by atoms with van der Waals surface area (Å²) in [5.41, 5.74) is 0. The topological polar surface area (TPSA) is 0 Å². The fourth-order valence-corrected chi connectivity index (χ4v) is 0. The fraction of sp³-hybridized carbons (Fsp3) is 0. The smallest absolute Gasteiger partial charge is 1.00 e. The molecule has 0 aromatic rings. The molecule has 0 spiro atoms. The van der Waals surface area contributed by atoms with Gasteiger partial charge in [0.05, 0.1) is 0 Å². The van der Waals surface area contributed by atoms with Crippen LogP contribution in [0.5, 0.6) is 0 Å². The van der Waals surface area contributed by atoms with E-state index < -0.39 is 0 Å². The van der Waals surface area contributed by atoms with Gasteiger partial charge in [-0.1, -0.05) is 0 Å². The summed E-state index contributed by atoms with van der Waals surface area (Å²) in [5, 5.41) is 0. The minimum Gasteiger partial charge on any atom is -1.00 e. The van der Waals surface area contributed by atoms with Gasteiger partial charge in [0.1, 0.15) is 0 Å².